The van der Waals surface area contributed by atoms with Crippen LogP contribution in [0, 0.1) is 5.92 Å². The normalized spacial score (nSPS) is 38.0. The Kier molecular flexibility index (Phi) is 4.33. The Morgan fingerprint density at radius 2 is 2.41 bits per heavy atom. The van der Waals surface area contributed by atoms with Gasteiger partial charge in [-0.15, -0.1) is 0 Å². The zero-order chi connectivity index (χ0) is 12.3. The third-order valence-electron chi connectivity index (χ3n) is 3.48. The highest BCUT2D eigenvalue weighted by molar-refractivity contribution is 7.99. The third kappa shape index (κ3) is 3.14. The molecule has 5 heteroatoms. The third-order valence-corrected chi connectivity index (χ3v) is 4.70. The number of thioether (sulfide) groups is 1. The van der Waals surface area contributed by atoms with Crippen LogP contribution in [-0.4, -0.2) is 43.1 Å². The van der Waals surface area contributed by atoms with E-state index < -0.39 is 5.79 Å². The van der Waals surface area contributed by atoms with Crippen molar-refractivity contribution in [1.29, 1.82) is 0 Å². The second kappa shape index (κ2) is 5.59. The van der Waals surface area contributed by atoms with Crippen LogP contribution in [0.5, 0.6) is 0 Å². The summed E-state index contributed by atoms with van der Waals surface area (Å²) >= 11 is 1.96. The van der Waals surface area contributed by atoms with Gasteiger partial charge in [-0.1, -0.05) is 0 Å². The Hall–Kier alpha value is -0.260. The highest BCUT2D eigenvalue weighted by Crippen LogP contribution is 2.38. The zero-order valence-electron chi connectivity index (χ0n) is 10.4. The van der Waals surface area contributed by atoms with Crippen LogP contribution in [0.1, 0.15) is 26.2 Å². The maximum Gasteiger partial charge on any atom is 0.308 e. The number of hydrogen-bond acceptors (Lipinski definition) is 5. The minimum absolute atomic E-state index is 0.153. The summed E-state index contributed by atoms with van der Waals surface area (Å²) in [5, 5.41) is 0. The van der Waals surface area contributed by atoms with E-state index in [0.29, 0.717) is 12.5 Å². The van der Waals surface area contributed by atoms with Crippen molar-refractivity contribution in [1.82, 2.24) is 0 Å². The molecule has 0 radical (unpaired) electrons. The smallest absolute Gasteiger partial charge is 0.308 e. The molecule has 2 aliphatic heterocycles. The van der Waals surface area contributed by atoms with Gasteiger partial charge in [-0.3, -0.25) is 4.79 Å². The largest absolute Gasteiger partial charge is 0.469 e. The minimum atomic E-state index is -0.508. The molecule has 0 aromatic carbocycles. The molecule has 3 unspecified atom stereocenters. The number of hydrogen-bond donors (Lipinski definition) is 0. The zero-order valence-corrected chi connectivity index (χ0v) is 11.3. The van der Waals surface area contributed by atoms with E-state index in [1.165, 1.54) is 19.3 Å². The predicted molar refractivity (Wildman–Crippen MR) is 65.9 cm³/mol. The Labute approximate surface area is 106 Å². The molecule has 0 bridgehead atoms. The van der Waals surface area contributed by atoms with Crippen LogP contribution in [0.25, 0.3) is 0 Å². The lowest BCUT2D eigenvalue weighted by molar-refractivity contribution is -0.189. The molecule has 0 aromatic rings. The average Bonchev–Trinajstić information content (AvgIpc) is 2.73. The Morgan fingerprint density at radius 1 is 1.59 bits per heavy atom. The number of methoxy groups -OCH3 is 1. The minimum Gasteiger partial charge on any atom is -0.469 e. The van der Waals surface area contributed by atoms with Crippen LogP contribution in [0.3, 0.4) is 0 Å². The average molecular weight is 260 g/mol. The standard InChI is InChI=1S/C12H20O4S/c1-12(9-4-3-5-17-8-9)15-7-10(16-12)6-11(13)14-2/h9-10H,3-8H2,1-2H3. The van der Waals surface area contributed by atoms with Crippen molar-refractivity contribution in [3.8, 4) is 0 Å². The SMILES string of the molecule is COC(=O)CC1COC(C)(C2CCCSC2)O1. The van der Waals surface area contributed by atoms with E-state index in [-0.39, 0.29) is 18.5 Å². The monoisotopic (exact) mass is 260 g/mol. The van der Waals surface area contributed by atoms with E-state index in [1.807, 2.05) is 18.7 Å². The molecule has 2 fully saturated rings. The van der Waals surface area contributed by atoms with Gasteiger partial charge in [0.25, 0.3) is 0 Å². The fourth-order valence-corrected chi connectivity index (χ4v) is 3.69. The first-order valence-corrected chi connectivity index (χ1v) is 7.26. The summed E-state index contributed by atoms with van der Waals surface area (Å²) in [6.07, 6.45) is 2.50. The molecule has 2 rings (SSSR count). The van der Waals surface area contributed by atoms with Gasteiger partial charge in [0.15, 0.2) is 5.79 Å². The van der Waals surface area contributed by atoms with E-state index in [1.54, 1.807) is 0 Å². The molecule has 0 aromatic heterocycles. The number of carbonyl (C=O) groups is 1. The van der Waals surface area contributed by atoms with E-state index >= 15 is 0 Å². The van der Waals surface area contributed by atoms with E-state index in [2.05, 4.69) is 4.74 Å². The molecule has 0 aliphatic carbocycles. The molecular formula is C12H20O4S. The van der Waals surface area contributed by atoms with Crippen molar-refractivity contribution in [3.63, 3.8) is 0 Å². The summed E-state index contributed by atoms with van der Waals surface area (Å²) in [6, 6.07) is 0. The van der Waals surface area contributed by atoms with Gasteiger partial charge in [-0.2, -0.15) is 11.8 Å². The lowest BCUT2D eigenvalue weighted by Gasteiger charge is -2.34. The van der Waals surface area contributed by atoms with Crippen LogP contribution in [0.4, 0.5) is 0 Å². The molecule has 0 saturated carbocycles. The van der Waals surface area contributed by atoms with Gasteiger partial charge in [0.05, 0.1) is 26.2 Å². The fraction of sp³-hybridized carbons (Fsp3) is 0.917. The highest BCUT2D eigenvalue weighted by Gasteiger charge is 2.44. The van der Waals surface area contributed by atoms with Crippen molar-refractivity contribution >= 4 is 17.7 Å². The molecule has 2 aliphatic rings. The van der Waals surface area contributed by atoms with Gasteiger partial charge in [0, 0.05) is 11.7 Å². The summed E-state index contributed by atoms with van der Waals surface area (Å²) in [4.78, 5) is 11.2. The highest BCUT2D eigenvalue weighted by atomic mass is 32.2. The Bertz CT molecular complexity index is 278. The lowest BCUT2D eigenvalue weighted by Crippen LogP contribution is -2.39. The van der Waals surface area contributed by atoms with Crippen molar-refractivity contribution in [2.24, 2.45) is 5.92 Å². The van der Waals surface area contributed by atoms with Crippen LogP contribution in [0.15, 0.2) is 0 Å². The maximum absolute atomic E-state index is 11.2. The molecule has 3 atom stereocenters. The van der Waals surface area contributed by atoms with Crippen LogP contribution in [-0.2, 0) is 19.0 Å². The van der Waals surface area contributed by atoms with E-state index in [9.17, 15) is 4.79 Å². The number of ether oxygens (including phenoxy) is 3. The molecule has 0 spiro atoms. The van der Waals surface area contributed by atoms with Gasteiger partial charge >= 0.3 is 5.97 Å². The lowest BCUT2D eigenvalue weighted by atomic mass is 9.96. The first-order chi connectivity index (χ1) is 8.14. The Balaban J connectivity index is 1.88. The van der Waals surface area contributed by atoms with Crippen LogP contribution in [0.2, 0.25) is 0 Å². The molecule has 0 amide bonds. The van der Waals surface area contributed by atoms with Crippen molar-refractivity contribution in [2.75, 3.05) is 25.2 Å². The predicted octanol–water partition coefficient (Wildman–Crippen LogP) is 1.82. The first-order valence-electron chi connectivity index (χ1n) is 6.10. The topological polar surface area (TPSA) is 44.8 Å². The van der Waals surface area contributed by atoms with Gasteiger partial charge in [0.1, 0.15) is 0 Å². The van der Waals surface area contributed by atoms with Crippen LogP contribution < -0.4 is 0 Å². The fourth-order valence-electron chi connectivity index (χ4n) is 2.40. The summed E-state index contributed by atoms with van der Waals surface area (Å²) in [5.41, 5.74) is 0. The molecule has 0 N–H and O–H groups in total. The van der Waals surface area contributed by atoms with Gasteiger partial charge in [0.2, 0.25) is 0 Å². The molecule has 98 valence electrons. The van der Waals surface area contributed by atoms with Crippen molar-refractivity contribution < 1.29 is 19.0 Å². The second-order valence-corrected chi connectivity index (χ2v) is 5.91. The first kappa shape index (κ1) is 13.2. The number of carbonyl (C=O) groups excluding carboxylic acids is 1. The van der Waals surface area contributed by atoms with Gasteiger partial charge in [-0.05, 0) is 25.5 Å². The molecular weight excluding hydrogens is 240 g/mol. The van der Waals surface area contributed by atoms with E-state index in [4.69, 9.17) is 9.47 Å². The van der Waals surface area contributed by atoms with Gasteiger partial charge < -0.3 is 14.2 Å². The molecule has 2 heterocycles. The Morgan fingerprint density at radius 3 is 3.06 bits per heavy atom. The van der Waals surface area contributed by atoms with Crippen LogP contribution >= 0.6 is 11.8 Å². The maximum atomic E-state index is 11.2. The van der Waals surface area contributed by atoms with Crippen molar-refractivity contribution in [2.45, 2.75) is 38.1 Å². The van der Waals surface area contributed by atoms with Gasteiger partial charge in [-0.25, -0.2) is 0 Å². The summed E-state index contributed by atoms with van der Waals surface area (Å²) in [7, 11) is 1.40. The summed E-state index contributed by atoms with van der Waals surface area (Å²) in [5.74, 6) is 2.01. The second-order valence-electron chi connectivity index (χ2n) is 4.76. The quantitative estimate of drug-likeness (QED) is 0.724. The number of rotatable bonds is 3. The molecule has 4 nitrogen and oxygen atoms in total. The van der Waals surface area contributed by atoms with Crippen molar-refractivity contribution in [3.05, 3.63) is 0 Å². The molecule has 17 heavy (non-hydrogen) atoms. The summed E-state index contributed by atoms with van der Waals surface area (Å²) in [6.45, 7) is 2.49. The summed E-state index contributed by atoms with van der Waals surface area (Å²) < 4.78 is 16.4. The molecule has 2 saturated heterocycles. The van der Waals surface area contributed by atoms with E-state index in [0.717, 1.165) is 12.2 Å². The number of esters is 1.